The van der Waals surface area contributed by atoms with Crippen LogP contribution in [0.2, 0.25) is 0 Å². The van der Waals surface area contributed by atoms with Crippen molar-refractivity contribution in [1.82, 2.24) is 0 Å². The van der Waals surface area contributed by atoms with E-state index in [1.165, 1.54) is 25.3 Å². The molecule has 0 heterocycles. The van der Waals surface area contributed by atoms with Crippen LogP contribution in [-0.2, 0) is 20.3 Å². The molecule has 1 amide bonds. The van der Waals surface area contributed by atoms with Crippen LogP contribution < -0.4 is 10.5 Å². The summed E-state index contributed by atoms with van der Waals surface area (Å²) in [6.07, 6.45) is -0.108. The number of primary amides is 1. The Kier molecular flexibility index (Phi) is 3.77. The number of methoxy groups -OCH3 is 1. The largest absolute Gasteiger partial charge is 0.496 e. The third-order valence-electron chi connectivity index (χ3n) is 1.90. The van der Waals surface area contributed by atoms with Crippen molar-refractivity contribution < 1.29 is 17.9 Å². The summed E-state index contributed by atoms with van der Waals surface area (Å²) in [5, 5.41) is 0. The average molecular weight is 264 g/mol. The number of benzene rings is 1. The zero-order valence-corrected chi connectivity index (χ0v) is 10.0. The fourth-order valence-electron chi connectivity index (χ4n) is 1.23. The molecule has 7 heteroatoms. The van der Waals surface area contributed by atoms with Crippen LogP contribution in [0.4, 0.5) is 0 Å². The van der Waals surface area contributed by atoms with E-state index in [0.29, 0.717) is 11.3 Å². The molecule has 0 bridgehead atoms. The molecular weight excluding hydrogens is 254 g/mol. The lowest BCUT2D eigenvalue weighted by molar-refractivity contribution is -0.117. The molecule has 0 fully saturated rings. The van der Waals surface area contributed by atoms with Gasteiger partial charge in [0.2, 0.25) is 5.91 Å². The van der Waals surface area contributed by atoms with Crippen LogP contribution in [0.3, 0.4) is 0 Å². The molecular formula is C9H10ClNO4S. The van der Waals surface area contributed by atoms with E-state index in [2.05, 4.69) is 0 Å². The van der Waals surface area contributed by atoms with Crippen LogP contribution in [-0.4, -0.2) is 21.4 Å². The number of ether oxygens (including phenoxy) is 1. The Bertz CT molecular complexity index is 512. The van der Waals surface area contributed by atoms with Crippen molar-refractivity contribution >= 4 is 25.6 Å². The number of hydrogen-bond donors (Lipinski definition) is 1. The molecule has 88 valence electrons. The van der Waals surface area contributed by atoms with E-state index >= 15 is 0 Å². The van der Waals surface area contributed by atoms with Gasteiger partial charge in [0, 0.05) is 16.2 Å². The molecule has 0 aliphatic carbocycles. The van der Waals surface area contributed by atoms with Crippen LogP contribution in [0, 0.1) is 0 Å². The second-order valence-electron chi connectivity index (χ2n) is 3.05. The molecule has 0 atom stereocenters. The van der Waals surface area contributed by atoms with Gasteiger partial charge in [0.15, 0.2) is 0 Å². The third-order valence-corrected chi connectivity index (χ3v) is 3.25. The summed E-state index contributed by atoms with van der Waals surface area (Å²) in [6.45, 7) is 0. The van der Waals surface area contributed by atoms with E-state index in [-0.39, 0.29) is 11.3 Å². The van der Waals surface area contributed by atoms with Crippen molar-refractivity contribution in [2.45, 2.75) is 11.3 Å². The van der Waals surface area contributed by atoms with Crippen molar-refractivity contribution in [2.24, 2.45) is 5.73 Å². The summed E-state index contributed by atoms with van der Waals surface area (Å²) < 4.78 is 27.1. The number of amides is 1. The molecule has 0 radical (unpaired) electrons. The van der Waals surface area contributed by atoms with Gasteiger partial charge < -0.3 is 10.5 Å². The Balaban J connectivity index is 3.27. The fourth-order valence-corrected chi connectivity index (χ4v) is 2.03. The van der Waals surface area contributed by atoms with E-state index in [1.807, 2.05) is 0 Å². The normalized spacial score (nSPS) is 11.1. The maximum absolute atomic E-state index is 11.1. The smallest absolute Gasteiger partial charge is 0.261 e. The first-order chi connectivity index (χ1) is 7.34. The Labute approximate surface area is 97.6 Å². The van der Waals surface area contributed by atoms with Gasteiger partial charge in [0.1, 0.15) is 5.75 Å². The molecule has 2 N–H and O–H groups in total. The highest BCUT2D eigenvalue weighted by molar-refractivity contribution is 8.13. The van der Waals surface area contributed by atoms with Gasteiger partial charge in [-0.1, -0.05) is 0 Å². The summed E-state index contributed by atoms with van der Waals surface area (Å²) in [7, 11) is 2.77. The van der Waals surface area contributed by atoms with Gasteiger partial charge in [-0.2, -0.15) is 0 Å². The van der Waals surface area contributed by atoms with Gasteiger partial charge in [0.25, 0.3) is 9.05 Å². The molecule has 0 aliphatic heterocycles. The fraction of sp³-hybridized carbons (Fsp3) is 0.222. The minimum atomic E-state index is -3.82. The van der Waals surface area contributed by atoms with Crippen molar-refractivity contribution in [1.29, 1.82) is 0 Å². The van der Waals surface area contributed by atoms with Gasteiger partial charge in [-0.25, -0.2) is 8.42 Å². The lowest BCUT2D eigenvalue weighted by Crippen LogP contribution is -2.14. The van der Waals surface area contributed by atoms with Crippen LogP contribution in [0.5, 0.6) is 5.75 Å². The molecule has 0 saturated carbocycles. The van der Waals surface area contributed by atoms with Gasteiger partial charge >= 0.3 is 0 Å². The highest BCUT2D eigenvalue weighted by Gasteiger charge is 2.14. The molecule has 1 aromatic rings. The monoisotopic (exact) mass is 263 g/mol. The van der Waals surface area contributed by atoms with Crippen molar-refractivity contribution in [3.8, 4) is 5.75 Å². The summed E-state index contributed by atoms with van der Waals surface area (Å²) >= 11 is 0. The number of nitrogens with two attached hydrogens (primary N) is 1. The Hall–Kier alpha value is -1.27. The minimum absolute atomic E-state index is 0.0915. The van der Waals surface area contributed by atoms with Gasteiger partial charge in [-0.3, -0.25) is 4.79 Å². The van der Waals surface area contributed by atoms with Gasteiger partial charge in [0.05, 0.1) is 18.4 Å². The molecule has 0 spiro atoms. The van der Waals surface area contributed by atoms with Crippen LogP contribution in [0.15, 0.2) is 23.1 Å². The Morgan fingerprint density at radius 3 is 2.56 bits per heavy atom. The second-order valence-corrected chi connectivity index (χ2v) is 5.62. The highest BCUT2D eigenvalue weighted by atomic mass is 35.7. The number of halogens is 1. The van der Waals surface area contributed by atoms with E-state index in [0.717, 1.165) is 0 Å². The number of carbonyl (C=O) groups is 1. The number of rotatable bonds is 4. The quantitative estimate of drug-likeness (QED) is 0.808. The standard InChI is InChI=1S/C9H10ClNO4S/c1-15-8-3-2-7(16(10,13)14)4-6(8)5-9(11)12/h2-4H,5H2,1H3,(H2,11,12). The van der Waals surface area contributed by atoms with Crippen molar-refractivity contribution in [3.05, 3.63) is 23.8 Å². The molecule has 0 unspecified atom stereocenters. The van der Waals surface area contributed by atoms with Gasteiger partial charge in [-0.15, -0.1) is 0 Å². The summed E-state index contributed by atoms with van der Waals surface area (Å²) in [5.74, 6) is -0.190. The SMILES string of the molecule is COc1ccc(S(=O)(=O)Cl)cc1CC(N)=O. The minimum Gasteiger partial charge on any atom is -0.496 e. The first-order valence-corrected chi connectivity index (χ1v) is 6.55. The lowest BCUT2D eigenvalue weighted by Gasteiger charge is -2.07. The highest BCUT2D eigenvalue weighted by Crippen LogP contribution is 2.24. The number of carbonyl (C=O) groups excluding carboxylic acids is 1. The van der Waals surface area contributed by atoms with Crippen molar-refractivity contribution in [3.63, 3.8) is 0 Å². The van der Waals surface area contributed by atoms with Crippen molar-refractivity contribution in [2.75, 3.05) is 7.11 Å². The first kappa shape index (κ1) is 12.8. The van der Waals surface area contributed by atoms with Crippen LogP contribution >= 0.6 is 10.7 Å². The van der Waals surface area contributed by atoms with Crippen LogP contribution in [0.1, 0.15) is 5.56 Å². The summed E-state index contributed by atoms with van der Waals surface area (Å²) in [6, 6.07) is 3.99. The van der Waals surface area contributed by atoms with E-state index in [4.69, 9.17) is 21.2 Å². The predicted molar refractivity (Wildman–Crippen MR) is 58.9 cm³/mol. The zero-order chi connectivity index (χ0) is 12.3. The Morgan fingerprint density at radius 2 is 2.12 bits per heavy atom. The molecule has 5 nitrogen and oxygen atoms in total. The predicted octanol–water partition coefficient (Wildman–Crippen LogP) is 0.650. The molecule has 1 rings (SSSR count). The number of hydrogen-bond acceptors (Lipinski definition) is 4. The maximum atomic E-state index is 11.1. The molecule has 0 aromatic heterocycles. The zero-order valence-electron chi connectivity index (χ0n) is 8.44. The third kappa shape index (κ3) is 3.11. The molecule has 16 heavy (non-hydrogen) atoms. The molecule has 0 saturated heterocycles. The molecule has 0 aliphatic rings. The molecule has 1 aromatic carbocycles. The first-order valence-electron chi connectivity index (χ1n) is 4.24. The topological polar surface area (TPSA) is 86.5 Å². The maximum Gasteiger partial charge on any atom is 0.261 e. The van der Waals surface area contributed by atoms with E-state index in [9.17, 15) is 13.2 Å². The van der Waals surface area contributed by atoms with E-state index in [1.54, 1.807) is 0 Å². The Morgan fingerprint density at radius 1 is 1.50 bits per heavy atom. The summed E-state index contributed by atoms with van der Waals surface area (Å²) in [5.41, 5.74) is 5.42. The average Bonchev–Trinajstić information content (AvgIpc) is 2.15. The second kappa shape index (κ2) is 4.71. The van der Waals surface area contributed by atoms with Gasteiger partial charge in [-0.05, 0) is 18.2 Å². The van der Waals surface area contributed by atoms with E-state index < -0.39 is 15.0 Å². The van der Waals surface area contributed by atoms with Crippen LogP contribution in [0.25, 0.3) is 0 Å². The lowest BCUT2D eigenvalue weighted by atomic mass is 10.1. The summed E-state index contributed by atoms with van der Waals surface area (Å²) in [4.78, 5) is 10.7.